The molecule has 0 radical (unpaired) electrons. The molecular formula is C13H13F2NOS. The van der Waals surface area contributed by atoms with Gasteiger partial charge in [0.05, 0.1) is 6.04 Å². The summed E-state index contributed by atoms with van der Waals surface area (Å²) in [6.45, 7) is -0.794. The van der Waals surface area contributed by atoms with E-state index in [-0.39, 0.29) is 11.8 Å². The lowest BCUT2D eigenvalue weighted by Crippen LogP contribution is -2.12. The fourth-order valence-electron chi connectivity index (χ4n) is 1.75. The molecule has 1 unspecified atom stereocenters. The SMILES string of the molecule is Cc1sccc1C(N)c1ccc(OC(F)F)cc1. The average molecular weight is 269 g/mol. The zero-order chi connectivity index (χ0) is 13.1. The van der Waals surface area contributed by atoms with Gasteiger partial charge < -0.3 is 10.5 Å². The van der Waals surface area contributed by atoms with Crippen molar-refractivity contribution < 1.29 is 13.5 Å². The largest absolute Gasteiger partial charge is 0.435 e. The Morgan fingerprint density at radius 1 is 1.17 bits per heavy atom. The first-order valence-corrected chi connectivity index (χ1v) is 6.30. The average Bonchev–Trinajstić information content (AvgIpc) is 2.75. The zero-order valence-corrected chi connectivity index (χ0v) is 10.6. The maximum atomic E-state index is 12.0. The molecule has 2 rings (SSSR count). The van der Waals surface area contributed by atoms with Gasteiger partial charge in [-0.3, -0.25) is 0 Å². The topological polar surface area (TPSA) is 35.2 Å². The van der Waals surface area contributed by atoms with Crippen LogP contribution in [0.3, 0.4) is 0 Å². The minimum atomic E-state index is -2.80. The molecule has 0 fully saturated rings. The minimum absolute atomic E-state index is 0.142. The lowest BCUT2D eigenvalue weighted by Gasteiger charge is -2.13. The molecule has 0 bridgehead atoms. The number of benzene rings is 1. The second-order valence-corrected chi connectivity index (χ2v) is 4.98. The number of ether oxygens (including phenoxy) is 1. The van der Waals surface area contributed by atoms with Gasteiger partial charge in [0, 0.05) is 4.88 Å². The molecule has 0 saturated heterocycles. The summed E-state index contributed by atoms with van der Waals surface area (Å²) in [6.07, 6.45) is 0. The quantitative estimate of drug-likeness (QED) is 0.918. The Morgan fingerprint density at radius 3 is 2.33 bits per heavy atom. The number of aryl methyl sites for hydroxylation is 1. The third-order valence-electron chi connectivity index (χ3n) is 2.70. The number of halogens is 2. The van der Waals surface area contributed by atoms with Crippen LogP contribution < -0.4 is 10.5 Å². The molecule has 2 nitrogen and oxygen atoms in total. The van der Waals surface area contributed by atoms with Crippen molar-refractivity contribution in [3.05, 3.63) is 51.7 Å². The van der Waals surface area contributed by atoms with Gasteiger partial charge in [-0.1, -0.05) is 12.1 Å². The van der Waals surface area contributed by atoms with E-state index in [0.29, 0.717) is 0 Å². The fraction of sp³-hybridized carbons (Fsp3) is 0.231. The molecule has 0 saturated carbocycles. The standard InChI is InChI=1S/C13H13F2NOS/c1-8-11(6-7-18-8)12(16)9-2-4-10(5-3-9)17-13(14)15/h2-7,12-13H,16H2,1H3. The van der Waals surface area contributed by atoms with E-state index in [1.54, 1.807) is 23.5 Å². The molecule has 5 heteroatoms. The van der Waals surface area contributed by atoms with Crippen molar-refractivity contribution in [2.75, 3.05) is 0 Å². The molecule has 1 aromatic carbocycles. The van der Waals surface area contributed by atoms with E-state index in [9.17, 15) is 8.78 Å². The summed E-state index contributed by atoms with van der Waals surface area (Å²) in [5.41, 5.74) is 8.06. The van der Waals surface area contributed by atoms with Crippen molar-refractivity contribution >= 4 is 11.3 Å². The first-order valence-electron chi connectivity index (χ1n) is 5.42. The summed E-state index contributed by atoms with van der Waals surface area (Å²) in [4.78, 5) is 1.16. The molecule has 0 aliphatic heterocycles. The Morgan fingerprint density at radius 2 is 1.83 bits per heavy atom. The van der Waals surface area contributed by atoms with Crippen molar-refractivity contribution in [3.63, 3.8) is 0 Å². The van der Waals surface area contributed by atoms with Crippen molar-refractivity contribution in [3.8, 4) is 5.75 Å². The Labute approximate surface area is 108 Å². The van der Waals surface area contributed by atoms with Crippen LogP contribution in [-0.2, 0) is 0 Å². The van der Waals surface area contributed by atoms with Gasteiger partial charge in [0.25, 0.3) is 0 Å². The molecule has 2 N–H and O–H groups in total. The number of thiophene rings is 1. The first kappa shape index (κ1) is 13.0. The lowest BCUT2D eigenvalue weighted by molar-refractivity contribution is -0.0498. The van der Waals surface area contributed by atoms with Crippen molar-refractivity contribution in [2.24, 2.45) is 5.73 Å². The maximum absolute atomic E-state index is 12.0. The van der Waals surface area contributed by atoms with Crippen LogP contribution in [0.2, 0.25) is 0 Å². The predicted octanol–water partition coefficient (Wildman–Crippen LogP) is 3.71. The molecule has 0 aliphatic rings. The van der Waals surface area contributed by atoms with Crippen molar-refractivity contribution in [1.29, 1.82) is 0 Å². The van der Waals surface area contributed by atoms with Crippen molar-refractivity contribution in [2.45, 2.75) is 19.6 Å². The molecule has 1 heterocycles. The van der Waals surface area contributed by atoms with Gasteiger partial charge in [-0.25, -0.2) is 0 Å². The highest BCUT2D eigenvalue weighted by Gasteiger charge is 2.12. The highest BCUT2D eigenvalue weighted by atomic mass is 32.1. The van der Waals surface area contributed by atoms with Crippen LogP contribution in [0.15, 0.2) is 35.7 Å². The Hall–Kier alpha value is -1.46. The summed E-state index contributed by atoms with van der Waals surface area (Å²) >= 11 is 1.64. The van der Waals surface area contributed by atoms with E-state index in [1.807, 2.05) is 18.4 Å². The summed E-state index contributed by atoms with van der Waals surface area (Å²) in [6, 6.07) is 8.16. The van der Waals surface area contributed by atoms with E-state index in [1.165, 1.54) is 12.1 Å². The van der Waals surface area contributed by atoms with Crippen LogP contribution in [0.5, 0.6) is 5.75 Å². The molecule has 18 heavy (non-hydrogen) atoms. The van der Waals surface area contributed by atoms with Crippen LogP contribution in [0.25, 0.3) is 0 Å². The molecule has 0 spiro atoms. The van der Waals surface area contributed by atoms with Crippen LogP contribution in [0.1, 0.15) is 22.0 Å². The summed E-state index contributed by atoms with van der Waals surface area (Å²) in [5.74, 6) is 0.142. The Bertz CT molecular complexity index is 510. The Kier molecular flexibility index (Phi) is 3.93. The number of hydrogen-bond acceptors (Lipinski definition) is 3. The second kappa shape index (κ2) is 5.46. The van der Waals surface area contributed by atoms with E-state index >= 15 is 0 Å². The van der Waals surface area contributed by atoms with E-state index in [2.05, 4.69) is 4.74 Å². The van der Waals surface area contributed by atoms with Crippen LogP contribution in [0.4, 0.5) is 8.78 Å². The third kappa shape index (κ3) is 2.86. The third-order valence-corrected chi connectivity index (χ3v) is 3.56. The summed E-state index contributed by atoms with van der Waals surface area (Å²) < 4.78 is 28.3. The molecule has 2 aromatic rings. The van der Waals surface area contributed by atoms with E-state index in [0.717, 1.165) is 16.0 Å². The minimum Gasteiger partial charge on any atom is -0.435 e. The van der Waals surface area contributed by atoms with Crippen LogP contribution >= 0.6 is 11.3 Å². The highest BCUT2D eigenvalue weighted by Crippen LogP contribution is 2.27. The number of alkyl halides is 2. The van der Waals surface area contributed by atoms with Gasteiger partial charge in [-0.2, -0.15) is 8.78 Å². The van der Waals surface area contributed by atoms with E-state index < -0.39 is 6.61 Å². The highest BCUT2D eigenvalue weighted by molar-refractivity contribution is 7.10. The molecule has 1 aromatic heterocycles. The molecule has 0 aliphatic carbocycles. The smallest absolute Gasteiger partial charge is 0.387 e. The molecule has 96 valence electrons. The maximum Gasteiger partial charge on any atom is 0.387 e. The molecular weight excluding hydrogens is 256 g/mol. The number of rotatable bonds is 4. The van der Waals surface area contributed by atoms with Gasteiger partial charge in [0.2, 0.25) is 0 Å². The normalized spacial score (nSPS) is 12.7. The fourth-order valence-corrected chi connectivity index (χ4v) is 2.50. The van der Waals surface area contributed by atoms with Crippen LogP contribution in [0, 0.1) is 6.92 Å². The zero-order valence-electron chi connectivity index (χ0n) is 9.77. The Balaban J connectivity index is 2.17. The second-order valence-electron chi connectivity index (χ2n) is 3.86. The summed E-state index contributed by atoms with van der Waals surface area (Å²) in [7, 11) is 0. The lowest BCUT2D eigenvalue weighted by atomic mass is 10.0. The van der Waals surface area contributed by atoms with E-state index in [4.69, 9.17) is 5.73 Å². The van der Waals surface area contributed by atoms with Gasteiger partial charge >= 0.3 is 6.61 Å². The monoisotopic (exact) mass is 269 g/mol. The van der Waals surface area contributed by atoms with Crippen molar-refractivity contribution in [1.82, 2.24) is 0 Å². The number of nitrogens with two attached hydrogens (primary N) is 1. The summed E-state index contributed by atoms with van der Waals surface area (Å²) in [5, 5.41) is 1.98. The van der Waals surface area contributed by atoms with Crippen LogP contribution in [-0.4, -0.2) is 6.61 Å². The van der Waals surface area contributed by atoms with Gasteiger partial charge in [0.1, 0.15) is 5.75 Å². The molecule has 0 amide bonds. The number of hydrogen-bond donors (Lipinski definition) is 1. The molecule has 1 atom stereocenters. The first-order chi connectivity index (χ1) is 8.58. The van der Waals surface area contributed by atoms with Gasteiger partial charge in [-0.05, 0) is 41.6 Å². The predicted molar refractivity (Wildman–Crippen MR) is 68.2 cm³/mol. The van der Waals surface area contributed by atoms with Gasteiger partial charge in [0.15, 0.2) is 0 Å². The van der Waals surface area contributed by atoms with Gasteiger partial charge in [-0.15, -0.1) is 11.3 Å².